The second kappa shape index (κ2) is 10.5. The van der Waals surface area contributed by atoms with Gasteiger partial charge in [-0.05, 0) is 55.2 Å². The minimum Gasteiger partial charge on any atom is -0.497 e. The Bertz CT molecular complexity index is 1060. The molecule has 0 radical (unpaired) electrons. The molecule has 1 N–H and O–H groups in total. The summed E-state index contributed by atoms with van der Waals surface area (Å²) in [6.45, 7) is 3.23. The quantitative estimate of drug-likeness (QED) is 0.634. The van der Waals surface area contributed by atoms with E-state index in [4.69, 9.17) is 9.47 Å². The first-order valence-corrected chi connectivity index (χ1v) is 12.8. The van der Waals surface area contributed by atoms with E-state index in [1.807, 2.05) is 30.3 Å². The first-order chi connectivity index (χ1) is 16.0. The number of aryl methyl sites for hydroxylation is 1. The SMILES string of the molecule is COc1ccc(CCC(=O)Nc2cc(S(=O)(=O)N3CCOCC3)ccc2N2CCCC2)cc1. The lowest BCUT2D eigenvalue weighted by atomic mass is 10.1. The standard InChI is InChI=1S/C24H31N3O5S/c1-31-20-7-4-19(5-8-20)6-11-24(28)25-22-18-21(9-10-23(22)26-12-2-3-13-26)33(29,30)27-14-16-32-17-15-27/h4-5,7-10,18H,2-3,6,11-17H2,1H3,(H,25,28). The predicted molar refractivity (Wildman–Crippen MR) is 127 cm³/mol. The first kappa shape index (κ1) is 23.5. The summed E-state index contributed by atoms with van der Waals surface area (Å²) in [6.07, 6.45) is 3.05. The monoisotopic (exact) mass is 473 g/mol. The summed E-state index contributed by atoms with van der Waals surface area (Å²) in [5, 5.41) is 2.98. The second-order valence-electron chi connectivity index (χ2n) is 8.29. The Balaban J connectivity index is 1.52. The molecule has 2 aromatic rings. The summed E-state index contributed by atoms with van der Waals surface area (Å²) in [5.74, 6) is 0.629. The van der Waals surface area contributed by atoms with Crippen molar-refractivity contribution in [2.75, 3.05) is 56.7 Å². The fourth-order valence-corrected chi connectivity index (χ4v) is 5.64. The zero-order valence-electron chi connectivity index (χ0n) is 19.0. The van der Waals surface area contributed by atoms with Crippen molar-refractivity contribution in [2.24, 2.45) is 0 Å². The summed E-state index contributed by atoms with van der Waals surface area (Å²) in [5.41, 5.74) is 2.45. The van der Waals surface area contributed by atoms with Gasteiger partial charge in [0, 0.05) is 32.6 Å². The van der Waals surface area contributed by atoms with Crippen LogP contribution in [0.25, 0.3) is 0 Å². The molecule has 0 atom stereocenters. The lowest BCUT2D eigenvalue weighted by Crippen LogP contribution is -2.40. The zero-order chi connectivity index (χ0) is 23.3. The van der Waals surface area contributed by atoms with Gasteiger partial charge >= 0.3 is 0 Å². The van der Waals surface area contributed by atoms with Crippen molar-refractivity contribution in [3.63, 3.8) is 0 Å². The van der Waals surface area contributed by atoms with E-state index in [1.165, 1.54) is 4.31 Å². The molecule has 2 heterocycles. The molecule has 2 saturated heterocycles. The van der Waals surface area contributed by atoms with E-state index >= 15 is 0 Å². The van der Waals surface area contributed by atoms with Gasteiger partial charge in [0.1, 0.15) is 5.75 Å². The van der Waals surface area contributed by atoms with Gasteiger partial charge in [0.15, 0.2) is 0 Å². The van der Waals surface area contributed by atoms with Crippen molar-refractivity contribution >= 4 is 27.3 Å². The topological polar surface area (TPSA) is 88.2 Å². The molecule has 0 bridgehead atoms. The molecule has 1 amide bonds. The number of methoxy groups -OCH3 is 1. The molecule has 2 aliphatic rings. The van der Waals surface area contributed by atoms with Gasteiger partial charge < -0.3 is 19.7 Å². The van der Waals surface area contributed by atoms with Crippen LogP contribution in [0.1, 0.15) is 24.8 Å². The lowest BCUT2D eigenvalue weighted by molar-refractivity contribution is -0.116. The normalized spacial score (nSPS) is 17.2. The van der Waals surface area contributed by atoms with Crippen molar-refractivity contribution in [1.29, 1.82) is 0 Å². The lowest BCUT2D eigenvalue weighted by Gasteiger charge is -2.27. The van der Waals surface area contributed by atoms with Crippen molar-refractivity contribution in [3.05, 3.63) is 48.0 Å². The van der Waals surface area contributed by atoms with Crippen molar-refractivity contribution < 1.29 is 22.7 Å². The number of ether oxygens (including phenoxy) is 2. The van der Waals surface area contributed by atoms with Crippen LogP contribution in [0.3, 0.4) is 0 Å². The number of hydrogen-bond acceptors (Lipinski definition) is 6. The molecule has 0 aliphatic carbocycles. The molecule has 4 rings (SSSR count). The van der Waals surface area contributed by atoms with Crippen molar-refractivity contribution in [1.82, 2.24) is 4.31 Å². The number of morpholine rings is 1. The first-order valence-electron chi connectivity index (χ1n) is 11.4. The molecule has 9 heteroatoms. The minimum absolute atomic E-state index is 0.146. The Labute approximate surface area is 195 Å². The average Bonchev–Trinajstić information content (AvgIpc) is 3.38. The van der Waals surface area contributed by atoms with Gasteiger partial charge in [-0.15, -0.1) is 0 Å². The highest BCUT2D eigenvalue weighted by Crippen LogP contribution is 2.32. The number of anilines is 2. The predicted octanol–water partition coefficient (Wildman–Crippen LogP) is 2.89. The Morgan fingerprint density at radius 3 is 2.39 bits per heavy atom. The molecule has 0 aromatic heterocycles. The van der Waals surface area contributed by atoms with E-state index < -0.39 is 10.0 Å². The fraction of sp³-hybridized carbons (Fsp3) is 0.458. The Hall–Kier alpha value is -2.62. The molecule has 0 spiro atoms. The van der Waals surface area contributed by atoms with Crippen LogP contribution >= 0.6 is 0 Å². The molecule has 0 unspecified atom stereocenters. The van der Waals surface area contributed by atoms with Gasteiger partial charge in [0.25, 0.3) is 0 Å². The maximum Gasteiger partial charge on any atom is 0.243 e. The van der Waals surface area contributed by atoms with Crippen LogP contribution in [0.15, 0.2) is 47.4 Å². The molecule has 2 aliphatic heterocycles. The number of amides is 1. The number of carbonyl (C=O) groups excluding carboxylic acids is 1. The van der Waals surface area contributed by atoms with Crippen LogP contribution in [0.2, 0.25) is 0 Å². The van der Waals surface area contributed by atoms with Crippen LogP contribution in [0.5, 0.6) is 5.75 Å². The summed E-state index contributed by atoms with van der Waals surface area (Å²) in [6, 6.07) is 12.7. The number of benzene rings is 2. The van der Waals surface area contributed by atoms with Crippen LogP contribution in [0, 0.1) is 0 Å². The highest BCUT2D eigenvalue weighted by molar-refractivity contribution is 7.89. The minimum atomic E-state index is -3.65. The third-order valence-corrected chi connectivity index (χ3v) is 7.99. The number of rotatable bonds is 8. The van der Waals surface area contributed by atoms with Crippen molar-refractivity contribution in [3.8, 4) is 5.75 Å². The summed E-state index contributed by atoms with van der Waals surface area (Å²) in [4.78, 5) is 15.2. The average molecular weight is 474 g/mol. The Kier molecular flexibility index (Phi) is 7.52. The molecular weight excluding hydrogens is 442 g/mol. The van der Waals surface area contributed by atoms with Crippen molar-refractivity contribution in [2.45, 2.75) is 30.6 Å². The summed E-state index contributed by atoms with van der Waals surface area (Å²) < 4.78 is 38.2. The molecule has 0 saturated carbocycles. The van der Waals surface area contributed by atoms with Crippen LogP contribution in [0.4, 0.5) is 11.4 Å². The fourth-order valence-electron chi connectivity index (χ4n) is 4.21. The maximum absolute atomic E-state index is 13.2. The number of nitrogens with zero attached hydrogens (tertiary/aromatic N) is 2. The molecule has 33 heavy (non-hydrogen) atoms. The van der Waals surface area contributed by atoms with Gasteiger partial charge in [-0.25, -0.2) is 8.42 Å². The smallest absolute Gasteiger partial charge is 0.243 e. The Morgan fingerprint density at radius 2 is 1.73 bits per heavy atom. The number of carbonyl (C=O) groups is 1. The summed E-state index contributed by atoms with van der Waals surface area (Å²) >= 11 is 0. The van der Waals surface area contributed by atoms with Crippen LogP contribution in [-0.2, 0) is 26.0 Å². The van der Waals surface area contributed by atoms with Gasteiger partial charge in [0.05, 0.1) is 36.6 Å². The number of nitrogens with one attached hydrogen (secondary N) is 1. The zero-order valence-corrected chi connectivity index (χ0v) is 19.8. The molecule has 2 aromatic carbocycles. The third kappa shape index (κ3) is 5.66. The third-order valence-electron chi connectivity index (χ3n) is 6.10. The summed E-state index contributed by atoms with van der Waals surface area (Å²) in [7, 11) is -2.03. The highest BCUT2D eigenvalue weighted by atomic mass is 32.2. The van der Waals surface area contributed by atoms with E-state index in [9.17, 15) is 13.2 Å². The van der Waals surface area contributed by atoms with E-state index in [2.05, 4.69) is 10.2 Å². The van der Waals surface area contributed by atoms with E-state index in [-0.39, 0.29) is 10.8 Å². The molecule has 2 fully saturated rings. The van der Waals surface area contributed by atoms with E-state index in [0.717, 1.165) is 42.9 Å². The van der Waals surface area contributed by atoms with Gasteiger partial charge in [-0.2, -0.15) is 4.31 Å². The Morgan fingerprint density at radius 1 is 1.03 bits per heavy atom. The van der Waals surface area contributed by atoms with E-state index in [0.29, 0.717) is 44.8 Å². The molecule has 8 nitrogen and oxygen atoms in total. The molecule has 178 valence electrons. The number of sulfonamides is 1. The van der Waals surface area contributed by atoms with Crippen LogP contribution < -0.4 is 15.0 Å². The van der Waals surface area contributed by atoms with E-state index in [1.54, 1.807) is 19.2 Å². The van der Waals surface area contributed by atoms with Gasteiger partial charge in [-0.3, -0.25) is 4.79 Å². The highest BCUT2D eigenvalue weighted by Gasteiger charge is 2.28. The van der Waals surface area contributed by atoms with Gasteiger partial charge in [-0.1, -0.05) is 12.1 Å². The van der Waals surface area contributed by atoms with Crippen LogP contribution in [-0.4, -0.2) is 65.1 Å². The number of hydrogen-bond donors (Lipinski definition) is 1. The second-order valence-corrected chi connectivity index (χ2v) is 10.2. The maximum atomic E-state index is 13.2. The largest absolute Gasteiger partial charge is 0.497 e. The molecular formula is C24H31N3O5S. The van der Waals surface area contributed by atoms with Gasteiger partial charge in [0.2, 0.25) is 15.9 Å².